The van der Waals surface area contributed by atoms with Crippen molar-refractivity contribution in [3.8, 4) is 5.69 Å². The third kappa shape index (κ3) is 5.84. The summed E-state index contributed by atoms with van der Waals surface area (Å²) in [5, 5.41) is 5.53. The van der Waals surface area contributed by atoms with Crippen LogP contribution in [0.5, 0.6) is 0 Å². The lowest BCUT2D eigenvalue weighted by Gasteiger charge is -2.36. The van der Waals surface area contributed by atoms with E-state index in [-0.39, 0.29) is 17.2 Å². The van der Waals surface area contributed by atoms with Gasteiger partial charge in [0.15, 0.2) is 0 Å². The van der Waals surface area contributed by atoms with Crippen molar-refractivity contribution >= 4 is 20.9 Å². The van der Waals surface area contributed by atoms with Crippen LogP contribution in [0.1, 0.15) is 62.3 Å². The van der Waals surface area contributed by atoms with Crippen LogP contribution >= 0.6 is 0 Å². The summed E-state index contributed by atoms with van der Waals surface area (Å²) in [5.41, 5.74) is 5.10. The van der Waals surface area contributed by atoms with Crippen LogP contribution in [0, 0.1) is 37.9 Å². The number of hydrogen-bond acceptors (Lipinski definition) is 3. The Morgan fingerprint density at radius 3 is 2.21 bits per heavy atom. The van der Waals surface area contributed by atoms with Gasteiger partial charge in [-0.25, -0.2) is 22.2 Å². The van der Waals surface area contributed by atoms with Crippen LogP contribution in [0.25, 0.3) is 16.6 Å². The maximum atomic E-state index is 13.4. The zero-order valence-corrected chi connectivity index (χ0v) is 24.2. The minimum absolute atomic E-state index is 0.115. The number of sulfonamides is 1. The highest BCUT2D eigenvalue weighted by Crippen LogP contribution is 2.41. The normalized spacial score (nSPS) is 13.4. The smallest absolute Gasteiger partial charge is 0.233 e. The molecule has 202 valence electrons. The van der Waals surface area contributed by atoms with Crippen LogP contribution in [0.15, 0.2) is 65.7 Å². The molecule has 0 aliphatic carbocycles. The molecule has 4 aromatic rings. The van der Waals surface area contributed by atoms with E-state index >= 15 is 0 Å². The number of nitrogens with zero attached hydrogens (tertiary/aromatic N) is 2. The van der Waals surface area contributed by atoms with E-state index in [1.165, 1.54) is 12.1 Å². The summed E-state index contributed by atoms with van der Waals surface area (Å²) in [6.45, 7) is 14.6. The van der Waals surface area contributed by atoms with Gasteiger partial charge in [0, 0.05) is 11.9 Å². The molecule has 1 atom stereocenters. The predicted molar refractivity (Wildman–Crippen MR) is 153 cm³/mol. The van der Waals surface area contributed by atoms with Crippen molar-refractivity contribution in [3.63, 3.8) is 0 Å². The maximum Gasteiger partial charge on any atom is 0.241 e. The Bertz CT molecular complexity index is 1530. The van der Waals surface area contributed by atoms with Gasteiger partial charge in [0.05, 0.1) is 22.3 Å². The van der Waals surface area contributed by atoms with Crippen LogP contribution in [0.3, 0.4) is 0 Å². The highest BCUT2D eigenvalue weighted by atomic mass is 32.2. The summed E-state index contributed by atoms with van der Waals surface area (Å²) in [4.78, 5) is 0.369. The Balaban J connectivity index is 1.64. The van der Waals surface area contributed by atoms with Crippen molar-refractivity contribution in [3.05, 3.63) is 88.9 Å². The van der Waals surface area contributed by atoms with E-state index in [4.69, 9.17) is 0 Å². The monoisotopic (exact) mass is 535 g/mol. The summed E-state index contributed by atoms with van der Waals surface area (Å²) >= 11 is 0. The van der Waals surface area contributed by atoms with E-state index in [0.29, 0.717) is 17.4 Å². The largest absolute Gasteiger partial charge is 0.241 e. The van der Waals surface area contributed by atoms with Crippen molar-refractivity contribution in [1.82, 2.24) is 14.5 Å². The molecule has 3 aromatic carbocycles. The summed E-state index contributed by atoms with van der Waals surface area (Å²) in [6.07, 6.45) is 2.74. The number of benzene rings is 3. The minimum atomic E-state index is -3.67. The Morgan fingerprint density at radius 2 is 1.61 bits per heavy atom. The minimum Gasteiger partial charge on any atom is -0.233 e. The number of aryl methyl sites for hydroxylation is 3. The van der Waals surface area contributed by atoms with Gasteiger partial charge in [-0.2, -0.15) is 5.10 Å². The highest BCUT2D eigenvalue weighted by Gasteiger charge is 2.33. The second kappa shape index (κ2) is 10.6. The van der Waals surface area contributed by atoms with Crippen LogP contribution in [-0.2, 0) is 10.0 Å². The molecule has 1 aromatic heterocycles. The van der Waals surface area contributed by atoms with Crippen LogP contribution in [-0.4, -0.2) is 24.7 Å². The summed E-state index contributed by atoms with van der Waals surface area (Å²) in [5.74, 6) is 0.258. The Kier molecular flexibility index (Phi) is 7.82. The fourth-order valence-corrected chi connectivity index (χ4v) is 7.17. The molecule has 0 aliphatic rings. The van der Waals surface area contributed by atoms with Gasteiger partial charge in [0.1, 0.15) is 5.82 Å². The van der Waals surface area contributed by atoms with E-state index in [0.717, 1.165) is 45.3 Å². The average molecular weight is 536 g/mol. The molecule has 1 N–H and O–H groups in total. The van der Waals surface area contributed by atoms with E-state index in [1.54, 1.807) is 12.1 Å². The number of fused-ring (bicyclic) bond motifs is 1. The molecule has 1 unspecified atom stereocenters. The van der Waals surface area contributed by atoms with Gasteiger partial charge in [-0.3, -0.25) is 0 Å². The van der Waals surface area contributed by atoms with Crippen molar-refractivity contribution in [2.45, 2.75) is 65.7 Å². The first-order valence-electron chi connectivity index (χ1n) is 13.1. The lowest BCUT2D eigenvalue weighted by molar-refractivity contribution is 0.253. The predicted octanol–water partition coefficient (Wildman–Crippen LogP) is 7.22. The van der Waals surface area contributed by atoms with Gasteiger partial charge in [0.2, 0.25) is 10.0 Å². The van der Waals surface area contributed by atoms with Crippen molar-refractivity contribution < 1.29 is 12.8 Å². The molecule has 0 amide bonds. The Labute approximate surface area is 226 Å². The molecule has 4 rings (SSSR count). The summed E-state index contributed by atoms with van der Waals surface area (Å²) < 4.78 is 45.0. The number of nitrogens with one attached hydrogen (secondary N) is 1. The maximum absolute atomic E-state index is 13.4. The molecule has 1 heterocycles. The third-order valence-electron chi connectivity index (χ3n) is 7.31. The first-order valence-corrected chi connectivity index (χ1v) is 14.6. The number of aromatic nitrogens is 2. The standard InChI is InChI=1S/C31H38FN3O2S/c1-20(2)14-28(31(6,7)19-34-38(36,37)30-22(4)15-21(3)16-23(30)5)24-8-13-29-25(17-24)18-33-35(29)27-11-9-26(32)10-12-27/h8-13,15-18,20,28,34H,14,19H2,1-7H3. The quantitative estimate of drug-likeness (QED) is 0.246. The Morgan fingerprint density at radius 1 is 0.974 bits per heavy atom. The molecule has 0 saturated heterocycles. The topological polar surface area (TPSA) is 64.0 Å². The lowest BCUT2D eigenvalue weighted by Crippen LogP contribution is -2.38. The fourth-order valence-electron chi connectivity index (χ4n) is 5.50. The van der Waals surface area contributed by atoms with Gasteiger partial charge in [-0.15, -0.1) is 0 Å². The van der Waals surface area contributed by atoms with E-state index in [1.807, 2.05) is 49.8 Å². The zero-order chi connectivity index (χ0) is 27.8. The van der Waals surface area contributed by atoms with E-state index < -0.39 is 10.0 Å². The molecule has 0 saturated carbocycles. The van der Waals surface area contributed by atoms with Gasteiger partial charge >= 0.3 is 0 Å². The van der Waals surface area contributed by atoms with E-state index in [2.05, 4.69) is 49.6 Å². The van der Waals surface area contributed by atoms with Gasteiger partial charge in [-0.05, 0) is 97.5 Å². The van der Waals surface area contributed by atoms with Gasteiger partial charge in [-0.1, -0.05) is 51.5 Å². The summed E-state index contributed by atoms with van der Waals surface area (Å²) in [6, 6.07) is 16.4. The van der Waals surface area contributed by atoms with E-state index in [9.17, 15) is 12.8 Å². The molecule has 7 heteroatoms. The number of rotatable bonds is 9. The second-order valence-electron chi connectivity index (χ2n) is 11.6. The second-order valence-corrected chi connectivity index (χ2v) is 13.3. The third-order valence-corrected chi connectivity index (χ3v) is 9.01. The highest BCUT2D eigenvalue weighted by molar-refractivity contribution is 7.89. The van der Waals surface area contributed by atoms with Crippen molar-refractivity contribution in [2.75, 3.05) is 6.54 Å². The molecule has 0 radical (unpaired) electrons. The van der Waals surface area contributed by atoms with Gasteiger partial charge < -0.3 is 0 Å². The number of halogens is 1. The molecule has 0 fully saturated rings. The van der Waals surface area contributed by atoms with Crippen LogP contribution < -0.4 is 4.72 Å². The number of hydrogen-bond donors (Lipinski definition) is 1. The summed E-state index contributed by atoms with van der Waals surface area (Å²) in [7, 11) is -3.67. The molecule has 0 spiro atoms. The SMILES string of the molecule is Cc1cc(C)c(S(=O)(=O)NCC(C)(C)C(CC(C)C)c2ccc3c(cnn3-c3ccc(F)cc3)c2)c(C)c1. The van der Waals surface area contributed by atoms with Gasteiger partial charge in [0.25, 0.3) is 0 Å². The molecular weight excluding hydrogens is 497 g/mol. The first-order chi connectivity index (χ1) is 17.8. The molecule has 0 aliphatic heterocycles. The molecule has 0 bridgehead atoms. The molecule has 5 nitrogen and oxygen atoms in total. The average Bonchev–Trinajstić information content (AvgIpc) is 3.24. The molecule has 38 heavy (non-hydrogen) atoms. The molecular formula is C31H38FN3O2S. The van der Waals surface area contributed by atoms with Crippen molar-refractivity contribution in [2.24, 2.45) is 11.3 Å². The first kappa shape index (κ1) is 28.0. The lowest BCUT2D eigenvalue weighted by atomic mass is 9.71. The van der Waals surface area contributed by atoms with Crippen molar-refractivity contribution in [1.29, 1.82) is 0 Å². The van der Waals surface area contributed by atoms with Crippen LogP contribution in [0.2, 0.25) is 0 Å². The zero-order valence-electron chi connectivity index (χ0n) is 23.3. The Hall–Kier alpha value is -3.03. The van der Waals surface area contributed by atoms with Crippen LogP contribution in [0.4, 0.5) is 4.39 Å². The fraction of sp³-hybridized carbons (Fsp3) is 0.387.